The molecule has 0 aromatic carbocycles. The molecule has 21 heavy (non-hydrogen) atoms. The molecule has 2 rings (SSSR count). The van der Waals surface area contributed by atoms with Gasteiger partial charge in [-0.2, -0.15) is 0 Å². The van der Waals surface area contributed by atoms with Crippen molar-refractivity contribution in [3.63, 3.8) is 0 Å². The maximum absolute atomic E-state index is 11.9. The van der Waals surface area contributed by atoms with E-state index in [-0.39, 0.29) is 19.1 Å². The first kappa shape index (κ1) is 15.9. The normalized spacial score (nSPS) is 28.9. The summed E-state index contributed by atoms with van der Waals surface area (Å²) in [6.07, 6.45) is 0.253. The highest BCUT2D eigenvalue weighted by atomic mass is 16.5. The Morgan fingerprint density at radius 1 is 1.43 bits per heavy atom. The van der Waals surface area contributed by atoms with Crippen LogP contribution in [0.15, 0.2) is 21.9 Å². The highest BCUT2D eigenvalue weighted by molar-refractivity contribution is 4.98. The van der Waals surface area contributed by atoms with Gasteiger partial charge in [-0.3, -0.25) is 14.3 Å². The van der Waals surface area contributed by atoms with Crippen LogP contribution in [0.25, 0.3) is 0 Å². The van der Waals surface area contributed by atoms with Gasteiger partial charge in [0.25, 0.3) is 5.56 Å². The molecule has 8 heteroatoms. The zero-order valence-electron chi connectivity index (χ0n) is 11.8. The molecule has 3 N–H and O–H groups in total. The van der Waals surface area contributed by atoms with Crippen LogP contribution in [0, 0.1) is 5.92 Å². The van der Waals surface area contributed by atoms with Crippen LogP contribution in [0.5, 0.6) is 0 Å². The van der Waals surface area contributed by atoms with Crippen molar-refractivity contribution >= 4 is 0 Å². The van der Waals surface area contributed by atoms with Gasteiger partial charge in [0.05, 0.1) is 25.4 Å². The molecule has 1 aromatic heterocycles. The van der Waals surface area contributed by atoms with Crippen LogP contribution in [-0.4, -0.2) is 58.9 Å². The lowest BCUT2D eigenvalue weighted by atomic mass is 10.1. The summed E-state index contributed by atoms with van der Waals surface area (Å²) in [6, 6.07) is 0.796. The number of nitrogens with zero attached hydrogens (tertiary/aromatic N) is 1. The van der Waals surface area contributed by atoms with Gasteiger partial charge in [0.1, 0.15) is 6.10 Å². The van der Waals surface area contributed by atoms with E-state index in [1.165, 1.54) is 23.9 Å². The Kier molecular flexibility index (Phi) is 5.29. The summed E-state index contributed by atoms with van der Waals surface area (Å²) in [7, 11) is 1.54. The second-order valence-electron chi connectivity index (χ2n) is 5.08. The third-order valence-electron chi connectivity index (χ3n) is 3.78. The highest BCUT2D eigenvalue weighted by Gasteiger charge is 2.44. The number of methoxy groups -OCH3 is 1. The quantitative estimate of drug-likeness (QED) is 0.550. The minimum Gasteiger partial charge on any atom is -0.396 e. The molecule has 0 radical (unpaired) electrons. The van der Waals surface area contributed by atoms with Crippen molar-refractivity contribution in [3.05, 3.63) is 33.1 Å². The summed E-state index contributed by atoms with van der Waals surface area (Å²) in [4.78, 5) is 25.2. The fourth-order valence-electron chi connectivity index (χ4n) is 2.70. The molecule has 1 aromatic rings. The number of aromatic amines is 1. The lowest BCUT2D eigenvalue weighted by Crippen LogP contribution is -2.39. The average Bonchev–Trinajstić information content (AvgIpc) is 2.76. The average molecular weight is 300 g/mol. The van der Waals surface area contributed by atoms with Gasteiger partial charge in [-0.1, -0.05) is 0 Å². The summed E-state index contributed by atoms with van der Waals surface area (Å²) in [5.41, 5.74) is -1.04. The lowest BCUT2D eigenvalue weighted by Gasteiger charge is -2.24. The van der Waals surface area contributed by atoms with Crippen molar-refractivity contribution in [1.29, 1.82) is 0 Å². The standard InChI is InChI=1S/C13H20N2O6/c1-20-4-5-21-12-9(6-8(7-16)11(12)18)15-3-2-10(17)14-13(15)19/h2-3,8-9,11-12,16,18H,4-7H2,1H3,(H,14,17,19)/t8-,9-,11?,12?/m1/s1. The molecule has 1 fully saturated rings. The summed E-state index contributed by atoms with van der Waals surface area (Å²) < 4.78 is 11.8. The third kappa shape index (κ3) is 3.41. The minimum atomic E-state index is -0.879. The van der Waals surface area contributed by atoms with Gasteiger partial charge in [-0.15, -0.1) is 0 Å². The number of aliphatic hydroxyl groups is 2. The van der Waals surface area contributed by atoms with Crippen LogP contribution in [-0.2, 0) is 9.47 Å². The molecule has 0 spiro atoms. The van der Waals surface area contributed by atoms with Gasteiger partial charge in [-0.25, -0.2) is 4.79 Å². The lowest BCUT2D eigenvalue weighted by molar-refractivity contribution is -0.0644. The largest absolute Gasteiger partial charge is 0.396 e. The summed E-state index contributed by atoms with van der Waals surface area (Å²) >= 11 is 0. The second-order valence-corrected chi connectivity index (χ2v) is 5.08. The Morgan fingerprint density at radius 3 is 2.81 bits per heavy atom. The molecule has 0 aliphatic heterocycles. The molecule has 4 atom stereocenters. The van der Waals surface area contributed by atoms with Crippen LogP contribution in [0.1, 0.15) is 12.5 Å². The van der Waals surface area contributed by atoms with E-state index >= 15 is 0 Å². The molecule has 1 aliphatic carbocycles. The maximum Gasteiger partial charge on any atom is 0.328 e. The first-order chi connectivity index (χ1) is 10.1. The molecule has 1 aliphatic rings. The highest BCUT2D eigenvalue weighted by Crippen LogP contribution is 2.36. The number of nitrogens with one attached hydrogen (secondary N) is 1. The van der Waals surface area contributed by atoms with Crippen molar-refractivity contribution in [3.8, 4) is 0 Å². The van der Waals surface area contributed by atoms with Gasteiger partial charge < -0.3 is 19.7 Å². The third-order valence-corrected chi connectivity index (χ3v) is 3.78. The number of ether oxygens (including phenoxy) is 2. The minimum absolute atomic E-state index is 0.195. The number of hydrogen-bond acceptors (Lipinski definition) is 6. The van der Waals surface area contributed by atoms with E-state index in [9.17, 15) is 19.8 Å². The van der Waals surface area contributed by atoms with E-state index in [1.54, 1.807) is 0 Å². The molecule has 1 heterocycles. The Bertz CT molecular complexity index is 568. The van der Waals surface area contributed by atoms with Gasteiger partial charge in [0, 0.05) is 31.9 Å². The Balaban J connectivity index is 2.25. The van der Waals surface area contributed by atoms with Crippen molar-refractivity contribution < 1.29 is 19.7 Å². The molecular formula is C13H20N2O6. The number of rotatable bonds is 6. The monoisotopic (exact) mass is 300 g/mol. The molecule has 0 saturated heterocycles. The Morgan fingerprint density at radius 2 is 2.19 bits per heavy atom. The SMILES string of the molecule is COCCOC1C(O)[C@@H](CO)C[C@H]1n1ccc(=O)[nH]c1=O. The first-order valence-electron chi connectivity index (χ1n) is 6.79. The fraction of sp³-hybridized carbons (Fsp3) is 0.692. The van der Waals surface area contributed by atoms with Gasteiger partial charge in [-0.05, 0) is 6.42 Å². The molecule has 118 valence electrons. The zero-order chi connectivity index (χ0) is 15.4. The van der Waals surface area contributed by atoms with Crippen molar-refractivity contribution in [1.82, 2.24) is 9.55 Å². The van der Waals surface area contributed by atoms with Crippen molar-refractivity contribution in [2.75, 3.05) is 26.9 Å². The van der Waals surface area contributed by atoms with Crippen LogP contribution in [0.3, 0.4) is 0 Å². The van der Waals surface area contributed by atoms with E-state index in [4.69, 9.17) is 9.47 Å². The van der Waals surface area contributed by atoms with Gasteiger partial charge in [0.15, 0.2) is 0 Å². The number of hydrogen-bond donors (Lipinski definition) is 3. The van der Waals surface area contributed by atoms with Gasteiger partial charge >= 0.3 is 5.69 Å². The zero-order valence-corrected chi connectivity index (χ0v) is 11.8. The molecular weight excluding hydrogens is 280 g/mol. The first-order valence-corrected chi connectivity index (χ1v) is 6.79. The number of aromatic nitrogens is 2. The number of aliphatic hydroxyl groups excluding tert-OH is 2. The second kappa shape index (κ2) is 6.99. The maximum atomic E-state index is 11.9. The fourth-order valence-corrected chi connectivity index (χ4v) is 2.70. The molecule has 1 saturated carbocycles. The van der Waals surface area contributed by atoms with Crippen LogP contribution in [0.4, 0.5) is 0 Å². The number of H-pyrrole nitrogens is 1. The molecule has 2 unspecified atom stereocenters. The molecule has 0 amide bonds. The summed E-state index contributed by atoms with van der Waals surface area (Å²) in [6.45, 7) is 0.436. The predicted octanol–water partition coefficient (Wildman–Crippen LogP) is -1.52. The van der Waals surface area contributed by atoms with Crippen LogP contribution >= 0.6 is 0 Å². The molecule has 0 bridgehead atoms. The molecule has 8 nitrogen and oxygen atoms in total. The van der Waals surface area contributed by atoms with Gasteiger partial charge in [0.2, 0.25) is 0 Å². The summed E-state index contributed by atoms with van der Waals surface area (Å²) in [5.74, 6) is -0.374. The Hall–Kier alpha value is -1.48. The Labute approximate surface area is 120 Å². The van der Waals surface area contributed by atoms with Crippen molar-refractivity contribution in [2.45, 2.75) is 24.7 Å². The smallest absolute Gasteiger partial charge is 0.328 e. The van der Waals surface area contributed by atoms with E-state index in [0.717, 1.165) is 0 Å². The predicted molar refractivity (Wildman–Crippen MR) is 73.2 cm³/mol. The van der Waals surface area contributed by atoms with E-state index in [0.29, 0.717) is 13.0 Å². The van der Waals surface area contributed by atoms with Crippen LogP contribution < -0.4 is 11.2 Å². The van der Waals surface area contributed by atoms with Crippen molar-refractivity contribution in [2.24, 2.45) is 5.92 Å². The van der Waals surface area contributed by atoms with E-state index < -0.39 is 29.5 Å². The van der Waals surface area contributed by atoms with E-state index in [1.807, 2.05) is 0 Å². The topological polar surface area (TPSA) is 114 Å². The van der Waals surface area contributed by atoms with Crippen LogP contribution in [0.2, 0.25) is 0 Å². The van der Waals surface area contributed by atoms with E-state index in [2.05, 4.69) is 4.98 Å². The summed E-state index contributed by atoms with van der Waals surface area (Å²) in [5, 5.41) is 19.5.